The van der Waals surface area contributed by atoms with Gasteiger partial charge >= 0.3 is 5.97 Å². The van der Waals surface area contributed by atoms with Gasteiger partial charge in [-0.05, 0) is 46.7 Å². The van der Waals surface area contributed by atoms with Gasteiger partial charge < -0.3 is 25.0 Å². The van der Waals surface area contributed by atoms with Crippen LogP contribution in [0.4, 0.5) is 5.69 Å². The number of carboxylic acids is 1. The van der Waals surface area contributed by atoms with Gasteiger partial charge in [0.2, 0.25) is 5.91 Å². The summed E-state index contributed by atoms with van der Waals surface area (Å²) in [5, 5.41) is 33.2. The second-order valence-corrected chi connectivity index (χ2v) is 9.17. The summed E-state index contributed by atoms with van der Waals surface area (Å²) in [6, 6.07) is 15.2. The molecule has 2 heterocycles. The molecule has 166 valence electrons. The summed E-state index contributed by atoms with van der Waals surface area (Å²) >= 11 is 2.85. The SMILES string of the molecule is O=C(O)COc1ccc([C@@H]2[C@@H](SC[C@H](O)c3ccsc3)C(=O)N2c2ccccc2)c(O)c1. The number of aromatic hydroxyl groups is 1. The molecule has 0 bridgehead atoms. The molecule has 9 heteroatoms. The Balaban J connectivity index is 1.58. The Morgan fingerprint density at radius 1 is 1.19 bits per heavy atom. The smallest absolute Gasteiger partial charge is 0.341 e. The van der Waals surface area contributed by atoms with Crippen LogP contribution in [-0.4, -0.2) is 44.8 Å². The number of benzene rings is 2. The number of aliphatic carboxylic acids is 1. The molecule has 3 atom stereocenters. The van der Waals surface area contributed by atoms with E-state index in [1.807, 2.05) is 47.2 Å². The summed E-state index contributed by atoms with van der Waals surface area (Å²) in [6.45, 7) is -0.518. The first-order valence-corrected chi connectivity index (χ1v) is 11.8. The number of phenolic OH excluding ortho intramolecular Hbond substituents is 1. The second kappa shape index (κ2) is 9.64. The number of hydrogen-bond donors (Lipinski definition) is 3. The van der Waals surface area contributed by atoms with Gasteiger partial charge in [-0.1, -0.05) is 18.2 Å². The number of nitrogens with zero attached hydrogens (tertiary/aromatic N) is 1. The van der Waals surface area contributed by atoms with Crippen molar-refractivity contribution in [2.45, 2.75) is 17.4 Å². The van der Waals surface area contributed by atoms with E-state index in [9.17, 15) is 19.8 Å². The summed E-state index contributed by atoms with van der Waals surface area (Å²) in [4.78, 5) is 25.4. The van der Waals surface area contributed by atoms with Crippen LogP contribution < -0.4 is 9.64 Å². The first-order valence-electron chi connectivity index (χ1n) is 9.83. The molecule has 32 heavy (non-hydrogen) atoms. The van der Waals surface area contributed by atoms with E-state index in [4.69, 9.17) is 9.84 Å². The van der Waals surface area contributed by atoms with Gasteiger partial charge in [0.05, 0.1) is 12.1 Å². The highest BCUT2D eigenvalue weighted by Crippen LogP contribution is 2.48. The van der Waals surface area contributed by atoms with Crippen molar-refractivity contribution in [1.29, 1.82) is 0 Å². The van der Waals surface area contributed by atoms with Gasteiger partial charge in [0.15, 0.2) is 6.61 Å². The van der Waals surface area contributed by atoms with Gasteiger partial charge in [-0.3, -0.25) is 4.79 Å². The van der Waals surface area contributed by atoms with E-state index in [1.165, 1.54) is 29.2 Å². The monoisotopic (exact) mass is 471 g/mol. The lowest BCUT2D eigenvalue weighted by atomic mass is 9.91. The third-order valence-corrected chi connectivity index (χ3v) is 7.15. The van der Waals surface area contributed by atoms with Crippen molar-refractivity contribution < 1.29 is 29.6 Å². The van der Waals surface area contributed by atoms with Crippen LogP contribution in [-0.2, 0) is 9.59 Å². The molecule has 4 rings (SSSR count). The second-order valence-electron chi connectivity index (χ2n) is 7.22. The van der Waals surface area contributed by atoms with E-state index < -0.39 is 30.0 Å². The Kier molecular flexibility index (Phi) is 6.69. The van der Waals surface area contributed by atoms with E-state index in [-0.39, 0.29) is 17.4 Å². The van der Waals surface area contributed by atoms with Gasteiger partial charge in [0.1, 0.15) is 16.7 Å². The average Bonchev–Trinajstić information content (AvgIpc) is 3.32. The lowest BCUT2D eigenvalue weighted by molar-refractivity contribution is -0.139. The van der Waals surface area contributed by atoms with Crippen LogP contribution in [0.3, 0.4) is 0 Å². The van der Waals surface area contributed by atoms with Crippen LogP contribution >= 0.6 is 23.1 Å². The van der Waals surface area contributed by atoms with Crippen molar-refractivity contribution in [2.75, 3.05) is 17.3 Å². The summed E-state index contributed by atoms with van der Waals surface area (Å²) < 4.78 is 5.14. The number of rotatable bonds is 9. The number of para-hydroxylation sites is 1. The third kappa shape index (κ3) is 4.59. The van der Waals surface area contributed by atoms with Crippen molar-refractivity contribution in [2.24, 2.45) is 0 Å². The van der Waals surface area contributed by atoms with Gasteiger partial charge in [-0.15, -0.1) is 11.8 Å². The van der Waals surface area contributed by atoms with E-state index in [0.29, 0.717) is 17.0 Å². The first kappa shape index (κ1) is 22.2. The lowest BCUT2D eigenvalue weighted by Gasteiger charge is -2.47. The number of aliphatic hydroxyl groups excluding tert-OH is 1. The predicted octanol–water partition coefficient (Wildman–Crippen LogP) is 3.84. The highest BCUT2D eigenvalue weighted by Gasteiger charge is 2.50. The van der Waals surface area contributed by atoms with E-state index >= 15 is 0 Å². The van der Waals surface area contributed by atoms with Crippen LogP contribution in [0.15, 0.2) is 65.4 Å². The van der Waals surface area contributed by atoms with E-state index in [1.54, 1.807) is 17.0 Å². The summed E-state index contributed by atoms with van der Waals surface area (Å²) in [6.07, 6.45) is -0.689. The fourth-order valence-corrected chi connectivity index (χ4v) is 5.56. The first-order chi connectivity index (χ1) is 15.5. The van der Waals surface area contributed by atoms with Crippen LogP contribution in [0.25, 0.3) is 0 Å². The number of carbonyl (C=O) groups excluding carboxylic acids is 1. The van der Waals surface area contributed by atoms with Gasteiger partial charge in [-0.25, -0.2) is 4.79 Å². The number of ether oxygens (including phenoxy) is 1. The average molecular weight is 472 g/mol. The number of phenols is 1. The molecule has 1 aromatic heterocycles. The maximum atomic E-state index is 13.1. The molecule has 0 unspecified atom stereocenters. The molecule has 1 saturated heterocycles. The largest absolute Gasteiger partial charge is 0.507 e. The minimum Gasteiger partial charge on any atom is -0.507 e. The number of thiophene rings is 1. The lowest BCUT2D eigenvalue weighted by Crippen LogP contribution is -2.57. The van der Waals surface area contributed by atoms with Crippen molar-refractivity contribution >= 4 is 40.7 Å². The third-order valence-electron chi connectivity index (χ3n) is 5.12. The minimum absolute atomic E-state index is 0.0877. The van der Waals surface area contributed by atoms with Crippen LogP contribution in [0, 0.1) is 0 Å². The van der Waals surface area contributed by atoms with Crippen molar-refractivity contribution in [1.82, 2.24) is 0 Å². The number of amides is 1. The van der Waals surface area contributed by atoms with Gasteiger partial charge in [0, 0.05) is 23.1 Å². The summed E-state index contributed by atoms with van der Waals surface area (Å²) in [5.41, 5.74) is 2.05. The van der Waals surface area contributed by atoms with Crippen LogP contribution in [0.2, 0.25) is 0 Å². The maximum Gasteiger partial charge on any atom is 0.341 e. The molecule has 3 N–H and O–H groups in total. The number of carbonyl (C=O) groups is 2. The molecule has 0 radical (unpaired) electrons. The zero-order valence-electron chi connectivity index (χ0n) is 16.8. The fourth-order valence-electron chi connectivity index (χ4n) is 3.57. The molecule has 1 aliphatic heterocycles. The molecule has 1 fully saturated rings. The predicted molar refractivity (Wildman–Crippen MR) is 123 cm³/mol. The summed E-state index contributed by atoms with van der Waals surface area (Å²) in [5.74, 6) is -0.742. The molecule has 3 aromatic rings. The Morgan fingerprint density at radius 2 is 1.97 bits per heavy atom. The Labute approximate surface area is 192 Å². The highest BCUT2D eigenvalue weighted by atomic mass is 32.2. The number of aliphatic hydroxyl groups is 1. The minimum atomic E-state index is -1.12. The molecule has 0 aliphatic carbocycles. The van der Waals surface area contributed by atoms with Gasteiger partial charge in [-0.2, -0.15) is 11.3 Å². The quantitative estimate of drug-likeness (QED) is 0.407. The Hall–Kier alpha value is -3.01. The highest BCUT2D eigenvalue weighted by molar-refractivity contribution is 8.00. The summed E-state index contributed by atoms with van der Waals surface area (Å²) in [7, 11) is 0. The molecule has 2 aromatic carbocycles. The standard InChI is InChI=1S/C23H21NO6S2/c25-18-10-16(30-11-20(27)28)6-7-17(18)21-22(32-13-19(26)14-8-9-31-12-14)23(29)24(21)15-4-2-1-3-5-15/h1-10,12,19,21-22,25-26H,11,13H2,(H,27,28)/t19-,21+,22+/m0/s1. The zero-order valence-corrected chi connectivity index (χ0v) is 18.5. The van der Waals surface area contributed by atoms with E-state index in [0.717, 1.165) is 5.56 Å². The zero-order chi connectivity index (χ0) is 22.7. The Bertz CT molecular complexity index is 1090. The van der Waals surface area contributed by atoms with Crippen molar-refractivity contribution in [3.05, 3.63) is 76.5 Å². The van der Waals surface area contributed by atoms with Crippen LogP contribution in [0.1, 0.15) is 23.3 Å². The molecular weight excluding hydrogens is 450 g/mol. The number of carboxylic acid groups (broad SMARTS) is 1. The molecule has 0 saturated carbocycles. The molecule has 1 aliphatic rings. The van der Waals surface area contributed by atoms with Crippen molar-refractivity contribution in [3.8, 4) is 11.5 Å². The number of anilines is 1. The molecule has 1 amide bonds. The number of thioether (sulfide) groups is 1. The van der Waals surface area contributed by atoms with Gasteiger partial charge in [0.25, 0.3) is 0 Å². The number of hydrogen-bond acceptors (Lipinski definition) is 7. The normalized spacial score (nSPS) is 18.8. The van der Waals surface area contributed by atoms with Crippen LogP contribution in [0.5, 0.6) is 11.5 Å². The number of β-lactam (4-membered cyclic amide) rings is 1. The Morgan fingerprint density at radius 3 is 2.62 bits per heavy atom. The topological polar surface area (TPSA) is 107 Å². The maximum absolute atomic E-state index is 13.1. The molecular formula is C23H21NO6S2. The van der Waals surface area contributed by atoms with Crippen molar-refractivity contribution in [3.63, 3.8) is 0 Å². The fraction of sp³-hybridized carbons (Fsp3) is 0.217. The van der Waals surface area contributed by atoms with E-state index in [2.05, 4.69) is 0 Å². The molecule has 0 spiro atoms. The molecule has 7 nitrogen and oxygen atoms in total.